The Morgan fingerprint density at radius 3 is 1.25 bits per heavy atom. The number of hydrogen-bond donors (Lipinski definition) is 0. The molecule has 0 unspecified atom stereocenters. The lowest BCUT2D eigenvalue weighted by Crippen LogP contribution is -2.24. The van der Waals surface area contributed by atoms with Crippen molar-refractivity contribution < 1.29 is 9.13 Å². The molecule has 2 aromatic rings. The Labute approximate surface area is 95.4 Å². The van der Waals surface area contributed by atoms with Gasteiger partial charge in [0.15, 0.2) is 37.2 Å². The summed E-state index contributed by atoms with van der Waals surface area (Å²) in [7, 11) is 0. The molecule has 0 spiro atoms. The van der Waals surface area contributed by atoms with Crippen molar-refractivity contribution in [1.82, 2.24) is 0 Å². The third-order valence-electron chi connectivity index (χ3n) is 2.46. The minimum absolute atomic E-state index is 1.19. The van der Waals surface area contributed by atoms with E-state index in [0.29, 0.717) is 0 Å². The summed E-state index contributed by atoms with van der Waals surface area (Å²) < 4.78 is 3.83. The summed E-state index contributed by atoms with van der Waals surface area (Å²) in [5.41, 5.74) is 2.38. The van der Waals surface area contributed by atoms with E-state index in [0.717, 1.165) is 0 Å². The van der Waals surface area contributed by atoms with Crippen LogP contribution in [-0.4, -0.2) is 0 Å². The maximum absolute atomic E-state index is 3.70. The summed E-state index contributed by atoms with van der Waals surface area (Å²) >= 11 is 0. The molecule has 0 aromatic carbocycles. The van der Waals surface area contributed by atoms with E-state index in [9.17, 15) is 0 Å². The first kappa shape index (κ1) is 10.3. The first-order valence-corrected chi connectivity index (χ1v) is 5.10. The summed E-state index contributed by atoms with van der Waals surface area (Å²) in [5, 5.41) is 0. The molecule has 0 saturated heterocycles. The van der Waals surface area contributed by atoms with Crippen molar-refractivity contribution in [2.75, 3.05) is 0 Å². The van der Waals surface area contributed by atoms with Crippen molar-refractivity contribution in [2.24, 2.45) is 0 Å². The van der Waals surface area contributed by atoms with E-state index in [4.69, 9.17) is 0 Å². The lowest BCUT2D eigenvalue weighted by atomic mass is 10.1. The van der Waals surface area contributed by atoms with Crippen LogP contribution < -0.4 is 9.13 Å². The molecule has 2 heteroatoms. The second-order valence-corrected chi connectivity index (χ2v) is 3.43. The van der Waals surface area contributed by atoms with Crippen LogP contribution >= 0.6 is 0 Å². The maximum Gasteiger partial charge on any atom is 0.175 e. The molecule has 0 radical (unpaired) electrons. The van der Waals surface area contributed by atoms with Crippen LogP contribution in [0.4, 0.5) is 0 Å². The summed E-state index contributed by atoms with van der Waals surface area (Å²) in [6.45, 7) is 7.41. The third kappa shape index (κ3) is 2.06. The molecule has 0 N–H and O–H groups in total. The number of hydrogen-bond acceptors (Lipinski definition) is 0. The van der Waals surface area contributed by atoms with Crippen LogP contribution in [0.2, 0.25) is 0 Å². The van der Waals surface area contributed by atoms with Gasteiger partial charge in [0.2, 0.25) is 0 Å². The molecule has 2 nitrogen and oxygen atoms in total. The van der Waals surface area contributed by atoms with E-state index in [2.05, 4.69) is 37.4 Å². The fourth-order valence-corrected chi connectivity index (χ4v) is 1.50. The van der Waals surface area contributed by atoms with Gasteiger partial charge in [-0.15, -0.1) is 0 Å². The van der Waals surface area contributed by atoms with Gasteiger partial charge in [-0.25, -0.2) is 0 Å². The molecule has 0 bridgehead atoms. The maximum atomic E-state index is 3.70. The Morgan fingerprint density at radius 2 is 1.00 bits per heavy atom. The van der Waals surface area contributed by atoms with Gasteiger partial charge in [-0.05, 0) is 24.3 Å². The Bertz CT molecular complexity index is 446. The number of pyridine rings is 2. The van der Waals surface area contributed by atoms with E-state index >= 15 is 0 Å². The highest BCUT2D eigenvalue weighted by molar-refractivity contribution is 5.61. The molecular weight excluding hydrogens is 196 g/mol. The first-order valence-electron chi connectivity index (χ1n) is 5.10. The fraction of sp³-hybridized carbons (Fsp3) is 0. The van der Waals surface area contributed by atoms with Gasteiger partial charge in [-0.2, -0.15) is 9.13 Å². The molecule has 16 heavy (non-hydrogen) atoms. The highest BCUT2D eigenvalue weighted by Gasteiger charge is 2.02. The van der Waals surface area contributed by atoms with Crippen molar-refractivity contribution in [3.63, 3.8) is 0 Å². The standard InChI is InChI=1S/C14H14N2/c1-3-15-9-5-13(6-10-15)14-7-11-16(4-2)12-8-14/h3-12H,1-2H2/q+2. The van der Waals surface area contributed by atoms with E-state index in [1.807, 2.05) is 33.9 Å². The molecule has 0 aliphatic carbocycles. The van der Waals surface area contributed by atoms with Gasteiger partial charge >= 0.3 is 0 Å². The quantitative estimate of drug-likeness (QED) is 0.686. The van der Waals surface area contributed by atoms with Gasteiger partial charge in [0.05, 0.1) is 0 Å². The number of nitrogens with zero attached hydrogens (tertiary/aromatic N) is 2. The first-order chi connectivity index (χ1) is 7.83. The van der Waals surface area contributed by atoms with Crippen molar-refractivity contribution in [3.8, 4) is 11.1 Å². The average Bonchev–Trinajstić information content (AvgIpc) is 2.39. The van der Waals surface area contributed by atoms with Crippen LogP contribution in [0.3, 0.4) is 0 Å². The normalized spacial score (nSPS) is 9.75. The monoisotopic (exact) mass is 210 g/mol. The summed E-state index contributed by atoms with van der Waals surface area (Å²) in [4.78, 5) is 0. The molecule has 0 aliphatic rings. The lowest BCUT2D eigenvalue weighted by molar-refractivity contribution is -0.568. The topological polar surface area (TPSA) is 7.76 Å². The third-order valence-corrected chi connectivity index (χ3v) is 2.46. The average molecular weight is 210 g/mol. The van der Waals surface area contributed by atoms with Crippen LogP contribution in [0.15, 0.2) is 62.2 Å². The minimum atomic E-state index is 1.19. The summed E-state index contributed by atoms with van der Waals surface area (Å²) in [6, 6.07) is 8.26. The van der Waals surface area contributed by atoms with Gasteiger partial charge in [0, 0.05) is 24.3 Å². The largest absolute Gasteiger partial charge is 0.175 e. The van der Waals surface area contributed by atoms with Gasteiger partial charge in [-0.1, -0.05) is 0 Å². The Balaban J connectivity index is 2.34. The Morgan fingerprint density at radius 1 is 0.688 bits per heavy atom. The van der Waals surface area contributed by atoms with Gasteiger partial charge < -0.3 is 0 Å². The van der Waals surface area contributed by atoms with Crippen LogP contribution in [0.25, 0.3) is 23.5 Å². The second-order valence-electron chi connectivity index (χ2n) is 3.43. The lowest BCUT2D eigenvalue weighted by Gasteiger charge is -1.97. The smallest absolute Gasteiger partial charge is 0.174 e. The van der Waals surface area contributed by atoms with Gasteiger partial charge in [0.1, 0.15) is 0 Å². The van der Waals surface area contributed by atoms with Gasteiger partial charge in [0.25, 0.3) is 0 Å². The number of rotatable bonds is 3. The molecule has 0 amide bonds. The van der Waals surface area contributed by atoms with Crippen LogP contribution in [0.1, 0.15) is 0 Å². The van der Waals surface area contributed by atoms with E-state index < -0.39 is 0 Å². The Hall–Kier alpha value is -2.22. The van der Waals surface area contributed by atoms with Crippen molar-refractivity contribution in [2.45, 2.75) is 0 Å². The van der Waals surface area contributed by atoms with Crippen LogP contribution in [0, 0.1) is 0 Å². The van der Waals surface area contributed by atoms with E-state index in [1.54, 1.807) is 12.4 Å². The molecule has 0 atom stereocenters. The number of aromatic nitrogens is 2. The second kappa shape index (κ2) is 4.53. The molecule has 2 rings (SSSR count). The van der Waals surface area contributed by atoms with Crippen molar-refractivity contribution in [1.29, 1.82) is 0 Å². The van der Waals surface area contributed by atoms with Gasteiger partial charge in [-0.3, -0.25) is 0 Å². The zero-order valence-corrected chi connectivity index (χ0v) is 9.08. The fourth-order valence-electron chi connectivity index (χ4n) is 1.50. The minimum Gasteiger partial charge on any atom is -0.174 e. The summed E-state index contributed by atoms with van der Waals surface area (Å²) in [5.74, 6) is 0. The van der Waals surface area contributed by atoms with Crippen LogP contribution in [0.5, 0.6) is 0 Å². The zero-order valence-electron chi connectivity index (χ0n) is 9.08. The molecule has 2 heterocycles. The SMILES string of the molecule is C=C[n+]1ccc(-c2cc[n+](C=C)cc2)cc1. The predicted octanol–water partition coefficient (Wildman–Crippen LogP) is 2.13. The predicted molar refractivity (Wildman–Crippen MR) is 65.0 cm³/mol. The molecular formula is C14H14N2+2. The van der Waals surface area contributed by atoms with Crippen LogP contribution in [-0.2, 0) is 0 Å². The van der Waals surface area contributed by atoms with E-state index in [-0.39, 0.29) is 0 Å². The van der Waals surface area contributed by atoms with E-state index in [1.165, 1.54) is 11.1 Å². The molecule has 0 fully saturated rings. The molecule has 0 saturated carbocycles. The highest BCUT2D eigenvalue weighted by atomic mass is 14.9. The van der Waals surface area contributed by atoms with Crippen molar-refractivity contribution in [3.05, 3.63) is 62.2 Å². The Kier molecular flexibility index (Phi) is 2.92. The molecule has 78 valence electrons. The van der Waals surface area contributed by atoms with Crippen molar-refractivity contribution >= 4 is 12.4 Å². The summed E-state index contributed by atoms with van der Waals surface area (Å²) in [6.07, 6.45) is 11.5. The molecule has 0 aliphatic heterocycles. The zero-order chi connectivity index (χ0) is 11.4. The highest BCUT2D eigenvalue weighted by Crippen LogP contribution is 2.15. The molecule has 2 aromatic heterocycles.